The van der Waals surface area contributed by atoms with Gasteiger partial charge in [0, 0.05) is 41.3 Å². The van der Waals surface area contributed by atoms with Crippen molar-refractivity contribution in [2.24, 2.45) is 0 Å². The summed E-state index contributed by atoms with van der Waals surface area (Å²) in [6, 6.07) is 18.7. The van der Waals surface area contributed by atoms with E-state index in [-0.39, 0.29) is 16.9 Å². The maximum absolute atomic E-state index is 12.9. The molecule has 3 aromatic carbocycles. The van der Waals surface area contributed by atoms with Crippen LogP contribution >= 0.6 is 11.8 Å². The molecule has 0 aliphatic carbocycles. The van der Waals surface area contributed by atoms with Gasteiger partial charge in [-0.1, -0.05) is 42.1 Å². The van der Waals surface area contributed by atoms with Gasteiger partial charge in [-0.05, 0) is 43.2 Å². The number of nitrogens with zero attached hydrogens (tertiary/aromatic N) is 5. The second-order valence-electron chi connectivity index (χ2n) is 8.17. The Morgan fingerprint density at radius 2 is 1.68 bits per heavy atom. The first-order chi connectivity index (χ1) is 17.7. The van der Waals surface area contributed by atoms with Crippen molar-refractivity contribution in [3.63, 3.8) is 0 Å². The molecule has 0 bridgehead atoms. The second-order valence-corrected chi connectivity index (χ2v) is 9.11. The van der Waals surface area contributed by atoms with Crippen LogP contribution in [-0.4, -0.2) is 30.5 Å². The van der Waals surface area contributed by atoms with E-state index in [2.05, 4.69) is 15.5 Å². The Balaban J connectivity index is 1.65. The lowest BCUT2D eigenvalue weighted by molar-refractivity contribution is -0.385. The topological polar surface area (TPSA) is 146 Å². The van der Waals surface area contributed by atoms with Crippen molar-refractivity contribution >= 4 is 29.0 Å². The molecule has 0 saturated heterocycles. The number of aryl methyl sites for hydroxylation is 1. The number of nitro benzene ring substituents is 2. The summed E-state index contributed by atoms with van der Waals surface area (Å²) in [6.45, 7) is 3.74. The predicted molar refractivity (Wildman–Crippen MR) is 138 cm³/mol. The van der Waals surface area contributed by atoms with Crippen molar-refractivity contribution in [2.75, 3.05) is 0 Å². The molecular formula is C25H22N6O5S. The molecule has 12 heteroatoms. The number of rotatable bonds is 9. The molecule has 0 fully saturated rings. The van der Waals surface area contributed by atoms with Crippen LogP contribution in [0.5, 0.6) is 0 Å². The second kappa shape index (κ2) is 11.0. The third-order valence-electron chi connectivity index (χ3n) is 5.65. The number of amides is 1. The van der Waals surface area contributed by atoms with Gasteiger partial charge < -0.3 is 5.32 Å². The van der Waals surface area contributed by atoms with Gasteiger partial charge in [0.2, 0.25) is 0 Å². The normalized spacial score (nSPS) is 11.6. The molecule has 0 saturated carbocycles. The maximum atomic E-state index is 12.9. The molecular weight excluding hydrogens is 496 g/mol. The molecule has 1 N–H and O–H groups in total. The van der Waals surface area contributed by atoms with Crippen LogP contribution in [0.3, 0.4) is 0 Å². The van der Waals surface area contributed by atoms with Gasteiger partial charge >= 0.3 is 0 Å². The van der Waals surface area contributed by atoms with E-state index in [9.17, 15) is 25.0 Å². The lowest BCUT2D eigenvalue weighted by atomic mass is 10.1. The highest BCUT2D eigenvalue weighted by Gasteiger charge is 2.23. The van der Waals surface area contributed by atoms with Crippen LogP contribution in [-0.2, 0) is 5.75 Å². The molecule has 0 spiro atoms. The molecule has 1 heterocycles. The zero-order valence-corrected chi connectivity index (χ0v) is 20.7. The monoisotopic (exact) mass is 518 g/mol. The van der Waals surface area contributed by atoms with E-state index < -0.39 is 21.8 Å². The maximum Gasteiger partial charge on any atom is 0.270 e. The van der Waals surface area contributed by atoms with Crippen LogP contribution in [0.4, 0.5) is 11.4 Å². The zero-order chi connectivity index (χ0) is 26.5. The molecule has 37 heavy (non-hydrogen) atoms. The zero-order valence-electron chi connectivity index (χ0n) is 19.9. The van der Waals surface area contributed by atoms with Gasteiger partial charge in [-0.2, -0.15) is 0 Å². The number of non-ortho nitro benzene ring substituents is 2. The van der Waals surface area contributed by atoms with E-state index >= 15 is 0 Å². The van der Waals surface area contributed by atoms with Crippen LogP contribution in [0.25, 0.3) is 5.69 Å². The minimum absolute atomic E-state index is 0.0560. The van der Waals surface area contributed by atoms with Crippen molar-refractivity contribution in [3.05, 3.63) is 116 Å². The van der Waals surface area contributed by atoms with Gasteiger partial charge in [0.1, 0.15) is 0 Å². The van der Waals surface area contributed by atoms with Crippen LogP contribution in [0.15, 0.2) is 78.0 Å². The van der Waals surface area contributed by atoms with Crippen LogP contribution in [0.1, 0.15) is 40.3 Å². The Hall–Kier alpha value is -4.58. The number of benzene rings is 3. The van der Waals surface area contributed by atoms with E-state index in [1.165, 1.54) is 48.2 Å². The molecule has 188 valence electrons. The average molecular weight is 519 g/mol. The summed E-state index contributed by atoms with van der Waals surface area (Å²) in [7, 11) is 0. The largest absolute Gasteiger partial charge is 0.342 e. The highest BCUT2D eigenvalue weighted by Crippen LogP contribution is 2.29. The van der Waals surface area contributed by atoms with Crippen LogP contribution in [0, 0.1) is 27.2 Å². The van der Waals surface area contributed by atoms with Crippen LogP contribution in [0.2, 0.25) is 0 Å². The Morgan fingerprint density at radius 1 is 0.973 bits per heavy atom. The van der Waals surface area contributed by atoms with Crippen LogP contribution < -0.4 is 5.32 Å². The van der Waals surface area contributed by atoms with Gasteiger partial charge in [0.25, 0.3) is 17.3 Å². The Bertz CT molecular complexity index is 1470. The number of carbonyl (C=O) groups is 1. The standard InChI is InChI=1S/C25H22N6O5S/c1-16-6-3-4-7-19(16)15-37-25-28-27-23(29(25)20-10-12-21(13-11-20)30(33)34)17(2)26-24(32)18-8-5-9-22(14-18)31(35)36/h3-14,17H,15H2,1-2H3,(H,26,32). The van der Waals surface area contributed by atoms with E-state index in [1.54, 1.807) is 23.6 Å². The van der Waals surface area contributed by atoms with Crippen molar-refractivity contribution in [3.8, 4) is 5.69 Å². The summed E-state index contributed by atoms with van der Waals surface area (Å²) in [5.74, 6) is 0.509. The first-order valence-corrected chi connectivity index (χ1v) is 12.2. The molecule has 4 aromatic rings. The van der Waals surface area contributed by atoms with E-state index in [0.717, 1.165) is 11.1 Å². The predicted octanol–water partition coefficient (Wildman–Crippen LogP) is 5.18. The molecule has 1 atom stereocenters. The summed E-state index contributed by atoms with van der Waals surface area (Å²) < 4.78 is 1.74. The Labute approximate surface area is 215 Å². The number of hydrogen-bond donors (Lipinski definition) is 1. The fourth-order valence-corrected chi connectivity index (χ4v) is 4.68. The minimum Gasteiger partial charge on any atom is -0.342 e. The van der Waals surface area contributed by atoms with Gasteiger partial charge in [0.15, 0.2) is 11.0 Å². The number of hydrogen-bond acceptors (Lipinski definition) is 8. The fourth-order valence-electron chi connectivity index (χ4n) is 3.64. The molecule has 11 nitrogen and oxygen atoms in total. The van der Waals surface area contributed by atoms with Crippen molar-refractivity contribution in [1.82, 2.24) is 20.1 Å². The first kappa shape index (κ1) is 25.5. The molecule has 1 unspecified atom stereocenters. The minimum atomic E-state index is -0.637. The Kier molecular flexibility index (Phi) is 7.58. The summed E-state index contributed by atoms with van der Waals surface area (Å²) >= 11 is 1.45. The van der Waals surface area contributed by atoms with Gasteiger partial charge in [-0.3, -0.25) is 29.6 Å². The van der Waals surface area contributed by atoms with Crippen molar-refractivity contribution < 1.29 is 14.6 Å². The highest BCUT2D eigenvalue weighted by atomic mass is 32.2. The van der Waals surface area contributed by atoms with E-state index in [4.69, 9.17) is 0 Å². The van der Waals surface area contributed by atoms with Gasteiger partial charge in [-0.15, -0.1) is 10.2 Å². The van der Waals surface area contributed by atoms with Crippen molar-refractivity contribution in [1.29, 1.82) is 0 Å². The number of aromatic nitrogens is 3. The molecule has 0 aliphatic rings. The number of thioether (sulfide) groups is 1. The molecule has 0 radical (unpaired) electrons. The van der Waals surface area contributed by atoms with Crippen molar-refractivity contribution in [2.45, 2.75) is 30.8 Å². The lowest BCUT2D eigenvalue weighted by Crippen LogP contribution is -2.28. The van der Waals surface area contributed by atoms with Gasteiger partial charge in [-0.25, -0.2) is 0 Å². The lowest BCUT2D eigenvalue weighted by Gasteiger charge is -2.16. The third kappa shape index (κ3) is 5.81. The third-order valence-corrected chi connectivity index (χ3v) is 6.63. The number of nitrogens with one attached hydrogen (secondary N) is 1. The van der Waals surface area contributed by atoms with Gasteiger partial charge in [0.05, 0.1) is 15.9 Å². The summed E-state index contributed by atoms with van der Waals surface area (Å²) in [6.07, 6.45) is 0. The van der Waals surface area contributed by atoms with E-state index in [1.807, 2.05) is 31.2 Å². The fraction of sp³-hybridized carbons (Fsp3) is 0.160. The molecule has 0 aliphatic heterocycles. The molecule has 1 aromatic heterocycles. The number of carbonyl (C=O) groups excluding carboxylic acids is 1. The smallest absolute Gasteiger partial charge is 0.270 e. The molecule has 4 rings (SSSR count). The first-order valence-electron chi connectivity index (χ1n) is 11.2. The highest BCUT2D eigenvalue weighted by molar-refractivity contribution is 7.98. The summed E-state index contributed by atoms with van der Waals surface area (Å²) in [5.41, 5.74) is 2.74. The number of nitro groups is 2. The summed E-state index contributed by atoms with van der Waals surface area (Å²) in [5, 5.41) is 34.2. The molecule has 1 amide bonds. The van der Waals surface area contributed by atoms with E-state index in [0.29, 0.717) is 22.4 Å². The quantitative estimate of drug-likeness (QED) is 0.181. The average Bonchev–Trinajstić information content (AvgIpc) is 3.32. The SMILES string of the molecule is Cc1ccccc1CSc1nnc(C(C)NC(=O)c2cccc([N+](=O)[O-])c2)n1-c1ccc([N+](=O)[O-])cc1. The summed E-state index contributed by atoms with van der Waals surface area (Å²) in [4.78, 5) is 34.0. The Morgan fingerprint density at radius 3 is 2.35 bits per heavy atom.